The van der Waals surface area contributed by atoms with E-state index in [0.29, 0.717) is 25.3 Å². The summed E-state index contributed by atoms with van der Waals surface area (Å²) < 4.78 is 20.9. The molecule has 2 heterocycles. The minimum absolute atomic E-state index is 0.0600. The maximum absolute atomic E-state index is 13.4. The highest BCUT2D eigenvalue weighted by atomic mass is 19.1. The molecule has 0 unspecified atom stereocenters. The summed E-state index contributed by atoms with van der Waals surface area (Å²) in [6.07, 6.45) is 0.807. The van der Waals surface area contributed by atoms with Crippen molar-refractivity contribution in [2.24, 2.45) is 0 Å². The van der Waals surface area contributed by atoms with Gasteiger partial charge in [-0.3, -0.25) is 4.90 Å². The standard InChI is InChI=1S/C16H22FN3O2/c1-3-20-14-5-4-12(17)8-13(14)18-15(20)9-19(2)16(10-21)6-7-22-11-16/h4-5,8,21H,3,6-7,9-11H2,1-2H3/t16-/m1/s1. The zero-order chi connectivity index (χ0) is 15.7. The average Bonchev–Trinajstić information content (AvgIpc) is 3.11. The number of aliphatic hydroxyl groups is 1. The number of aryl methyl sites for hydroxylation is 1. The summed E-state index contributed by atoms with van der Waals surface area (Å²) >= 11 is 0. The number of likely N-dealkylation sites (N-methyl/N-ethyl adjacent to an activating group) is 1. The highest BCUT2D eigenvalue weighted by Crippen LogP contribution is 2.27. The van der Waals surface area contributed by atoms with Crippen LogP contribution in [0.1, 0.15) is 19.2 Å². The molecule has 6 heteroatoms. The number of imidazole rings is 1. The van der Waals surface area contributed by atoms with Gasteiger partial charge in [0.05, 0.1) is 36.3 Å². The second-order valence-corrected chi connectivity index (χ2v) is 5.95. The molecule has 0 bridgehead atoms. The van der Waals surface area contributed by atoms with Gasteiger partial charge in [-0.05, 0) is 32.5 Å². The van der Waals surface area contributed by atoms with Crippen molar-refractivity contribution < 1.29 is 14.2 Å². The van der Waals surface area contributed by atoms with Gasteiger partial charge in [0, 0.05) is 19.2 Å². The Kier molecular flexibility index (Phi) is 4.16. The molecule has 1 N–H and O–H groups in total. The number of halogens is 1. The second-order valence-electron chi connectivity index (χ2n) is 5.95. The summed E-state index contributed by atoms with van der Waals surface area (Å²) in [5, 5.41) is 9.77. The Bertz CT molecular complexity index is 665. The molecule has 22 heavy (non-hydrogen) atoms. The Balaban J connectivity index is 1.93. The van der Waals surface area contributed by atoms with Crippen molar-refractivity contribution in [3.8, 4) is 0 Å². The van der Waals surface area contributed by atoms with Gasteiger partial charge < -0.3 is 14.4 Å². The molecule has 1 aromatic carbocycles. The van der Waals surface area contributed by atoms with Crippen molar-refractivity contribution >= 4 is 11.0 Å². The molecule has 1 aliphatic rings. The van der Waals surface area contributed by atoms with E-state index in [1.54, 1.807) is 6.07 Å². The largest absolute Gasteiger partial charge is 0.394 e. The molecule has 0 spiro atoms. The Morgan fingerprint density at radius 3 is 2.95 bits per heavy atom. The number of ether oxygens (including phenoxy) is 1. The van der Waals surface area contributed by atoms with Crippen molar-refractivity contribution in [3.05, 3.63) is 29.8 Å². The van der Waals surface area contributed by atoms with Gasteiger partial charge in [0.25, 0.3) is 0 Å². The van der Waals surface area contributed by atoms with Gasteiger partial charge in [0.1, 0.15) is 11.6 Å². The first-order chi connectivity index (χ1) is 10.6. The number of aliphatic hydroxyl groups excluding tert-OH is 1. The van der Waals surface area contributed by atoms with Crippen molar-refractivity contribution in [1.82, 2.24) is 14.5 Å². The number of fused-ring (bicyclic) bond motifs is 1. The van der Waals surface area contributed by atoms with Crippen LogP contribution < -0.4 is 0 Å². The van der Waals surface area contributed by atoms with Gasteiger partial charge in [-0.15, -0.1) is 0 Å². The van der Waals surface area contributed by atoms with Crippen molar-refractivity contribution in [2.45, 2.75) is 32.0 Å². The lowest BCUT2D eigenvalue weighted by molar-refractivity contribution is 0.0295. The average molecular weight is 307 g/mol. The molecular weight excluding hydrogens is 285 g/mol. The first-order valence-corrected chi connectivity index (χ1v) is 7.64. The monoisotopic (exact) mass is 307 g/mol. The van der Waals surface area contributed by atoms with Gasteiger partial charge in [-0.2, -0.15) is 0 Å². The van der Waals surface area contributed by atoms with Crippen molar-refractivity contribution in [2.75, 3.05) is 26.9 Å². The minimum Gasteiger partial charge on any atom is -0.394 e. The highest BCUT2D eigenvalue weighted by molar-refractivity contribution is 5.76. The fraction of sp³-hybridized carbons (Fsp3) is 0.562. The molecule has 1 aliphatic heterocycles. The number of aromatic nitrogens is 2. The summed E-state index contributed by atoms with van der Waals surface area (Å²) in [7, 11) is 1.98. The van der Waals surface area contributed by atoms with E-state index >= 15 is 0 Å². The third-order valence-electron chi connectivity index (χ3n) is 4.67. The van der Waals surface area contributed by atoms with E-state index in [1.807, 2.05) is 7.05 Å². The lowest BCUT2D eigenvalue weighted by Crippen LogP contribution is -2.50. The molecule has 1 aromatic heterocycles. The third kappa shape index (κ3) is 2.51. The lowest BCUT2D eigenvalue weighted by atomic mass is 9.98. The van der Waals surface area contributed by atoms with Gasteiger partial charge >= 0.3 is 0 Å². The van der Waals surface area contributed by atoms with Crippen molar-refractivity contribution in [1.29, 1.82) is 0 Å². The van der Waals surface area contributed by atoms with Crippen LogP contribution in [0.25, 0.3) is 11.0 Å². The number of hydrogen-bond acceptors (Lipinski definition) is 4. The van der Waals surface area contributed by atoms with Gasteiger partial charge in [-0.1, -0.05) is 0 Å². The van der Waals surface area contributed by atoms with Crippen LogP contribution >= 0.6 is 0 Å². The topological polar surface area (TPSA) is 50.5 Å². The Labute approximate surface area is 129 Å². The summed E-state index contributed by atoms with van der Waals surface area (Å²) in [5.74, 6) is 0.606. The molecule has 0 aliphatic carbocycles. The fourth-order valence-corrected chi connectivity index (χ4v) is 3.15. The van der Waals surface area contributed by atoms with Crippen LogP contribution in [0.3, 0.4) is 0 Å². The van der Waals surface area contributed by atoms with Crippen LogP contribution in [0.15, 0.2) is 18.2 Å². The van der Waals surface area contributed by atoms with E-state index in [1.165, 1.54) is 12.1 Å². The SMILES string of the molecule is CCn1c(CN(C)[C@@]2(CO)CCOC2)nc2cc(F)ccc21. The first kappa shape index (κ1) is 15.4. The second kappa shape index (κ2) is 5.95. The quantitative estimate of drug-likeness (QED) is 0.915. The van der Waals surface area contributed by atoms with E-state index in [-0.39, 0.29) is 18.0 Å². The third-order valence-corrected chi connectivity index (χ3v) is 4.67. The summed E-state index contributed by atoms with van der Waals surface area (Å²) in [6, 6.07) is 4.69. The van der Waals surface area contributed by atoms with E-state index < -0.39 is 0 Å². The molecule has 3 rings (SSSR count). The Morgan fingerprint density at radius 1 is 1.50 bits per heavy atom. The molecule has 120 valence electrons. The van der Waals surface area contributed by atoms with Gasteiger partial charge in [0.2, 0.25) is 0 Å². The van der Waals surface area contributed by atoms with Gasteiger partial charge in [-0.25, -0.2) is 9.37 Å². The highest BCUT2D eigenvalue weighted by Gasteiger charge is 2.38. The van der Waals surface area contributed by atoms with Crippen LogP contribution in [0, 0.1) is 5.82 Å². The lowest BCUT2D eigenvalue weighted by Gasteiger charge is -2.35. The molecule has 5 nitrogen and oxygen atoms in total. The number of benzene rings is 1. The first-order valence-electron chi connectivity index (χ1n) is 7.64. The Morgan fingerprint density at radius 2 is 2.32 bits per heavy atom. The number of rotatable bonds is 5. The smallest absolute Gasteiger partial charge is 0.125 e. The number of hydrogen-bond donors (Lipinski definition) is 1. The Hall–Kier alpha value is -1.50. The molecule has 1 atom stereocenters. The molecular formula is C16H22FN3O2. The van der Waals surface area contributed by atoms with Crippen molar-refractivity contribution in [3.63, 3.8) is 0 Å². The van der Waals surface area contributed by atoms with E-state index in [9.17, 15) is 9.50 Å². The van der Waals surface area contributed by atoms with Crippen LogP contribution in [0.4, 0.5) is 4.39 Å². The molecule has 0 radical (unpaired) electrons. The zero-order valence-corrected chi connectivity index (χ0v) is 13.0. The predicted molar refractivity (Wildman–Crippen MR) is 82.1 cm³/mol. The van der Waals surface area contributed by atoms with Gasteiger partial charge in [0.15, 0.2) is 0 Å². The molecule has 0 amide bonds. The maximum atomic E-state index is 13.4. The van der Waals surface area contributed by atoms with E-state index in [4.69, 9.17) is 4.74 Å². The van der Waals surface area contributed by atoms with Crippen LogP contribution in [0.5, 0.6) is 0 Å². The predicted octanol–water partition coefficient (Wildman–Crippen LogP) is 1.78. The molecule has 1 fully saturated rings. The fourth-order valence-electron chi connectivity index (χ4n) is 3.15. The van der Waals surface area contributed by atoms with Crippen LogP contribution in [-0.4, -0.2) is 52.0 Å². The summed E-state index contributed by atoms with van der Waals surface area (Å²) in [4.78, 5) is 6.68. The molecule has 1 saturated heterocycles. The normalized spacial score (nSPS) is 22.0. The summed E-state index contributed by atoms with van der Waals surface area (Å²) in [6.45, 7) is 4.67. The number of nitrogens with zero attached hydrogens (tertiary/aromatic N) is 3. The van der Waals surface area contributed by atoms with E-state index in [2.05, 4.69) is 21.4 Å². The van der Waals surface area contributed by atoms with Crippen LogP contribution in [0.2, 0.25) is 0 Å². The summed E-state index contributed by atoms with van der Waals surface area (Å²) in [5.41, 5.74) is 1.26. The zero-order valence-electron chi connectivity index (χ0n) is 13.0. The van der Waals surface area contributed by atoms with E-state index in [0.717, 1.165) is 24.3 Å². The minimum atomic E-state index is -0.345. The van der Waals surface area contributed by atoms with Crippen LogP contribution in [-0.2, 0) is 17.8 Å². The molecule has 2 aromatic rings. The molecule has 0 saturated carbocycles. The maximum Gasteiger partial charge on any atom is 0.125 e.